The second-order valence-electron chi connectivity index (χ2n) is 5.38. The highest BCUT2D eigenvalue weighted by molar-refractivity contribution is 7.89. The van der Waals surface area contributed by atoms with Gasteiger partial charge >= 0.3 is 0 Å². The molecular weight excluding hydrogens is 288 g/mol. The zero-order chi connectivity index (χ0) is 15.5. The number of benzene rings is 1. The van der Waals surface area contributed by atoms with Crippen molar-refractivity contribution >= 4 is 15.7 Å². The fraction of sp³-hybridized carbons (Fsp3) is 0.600. The lowest BCUT2D eigenvalue weighted by Gasteiger charge is -2.23. The Balaban J connectivity index is 2.24. The van der Waals surface area contributed by atoms with Crippen molar-refractivity contribution in [2.45, 2.75) is 44.6 Å². The molecule has 118 valence electrons. The van der Waals surface area contributed by atoms with Crippen molar-refractivity contribution in [3.8, 4) is 0 Å². The maximum atomic E-state index is 12.5. The van der Waals surface area contributed by atoms with E-state index in [9.17, 15) is 8.42 Å². The van der Waals surface area contributed by atoms with E-state index in [1.807, 2.05) is 26.8 Å². The summed E-state index contributed by atoms with van der Waals surface area (Å²) in [7, 11) is -3.50. The molecule has 0 radical (unpaired) electrons. The summed E-state index contributed by atoms with van der Waals surface area (Å²) in [5.74, 6) is 0. The molecule has 1 aliphatic heterocycles. The van der Waals surface area contributed by atoms with Gasteiger partial charge in [-0.05, 0) is 50.8 Å². The fourth-order valence-electron chi connectivity index (χ4n) is 2.62. The predicted molar refractivity (Wildman–Crippen MR) is 84.3 cm³/mol. The lowest BCUT2D eigenvalue weighted by Crippen LogP contribution is -2.33. The molecule has 0 spiro atoms. The van der Waals surface area contributed by atoms with Gasteiger partial charge in [-0.3, -0.25) is 0 Å². The van der Waals surface area contributed by atoms with E-state index in [1.165, 1.54) is 0 Å². The lowest BCUT2D eigenvalue weighted by atomic mass is 10.00. The Morgan fingerprint density at radius 2 is 2.19 bits per heavy atom. The number of ether oxygens (including phenoxy) is 1. The van der Waals surface area contributed by atoms with Gasteiger partial charge < -0.3 is 10.1 Å². The summed E-state index contributed by atoms with van der Waals surface area (Å²) in [6.45, 7) is 7.51. The maximum Gasteiger partial charge on any atom is 0.241 e. The standard InChI is InChI=1S/C15H24N2O3S/c1-4-20-12(3)10-17-21(18,19)14-8-7-11(2)15-13(14)6-5-9-16-15/h7-8,12,16-17H,4-6,9-10H2,1-3H3. The average Bonchev–Trinajstić information content (AvgIpc) is 2.46. The molecule has 0 aliphatic carbocycles. The average molecular weight is 312 g/mol. The zero-order valence-electron chi connectivity index (χ0n) is 12.9. The molecule has 1 aliphatic rings. The first-order chi connectivity index (χ1) is 9.95. The number of anilines is 1. The minimum absolute atomic E-state index is 0.135. The van der Waals surface area contributed by atoms with Crippen molar-refractivity contribution in [3.05, 3.63) is 23.3 Å². The van der Waals surface area contributed by atoms with Crippen LogP contribution in [-0.2, 0) is 21.2 Å². The van der Waals surface area contributed by atoms with E-state index >= 15 is 0 Å². The Kier molecular flexibility index (Phi) is 5.24. The second kappa shape index (κ2) is 6.77. The van der Waals surface area contributed by atoms with Crippen LogP contribution in [0.1, 0.15) is 31.4 Å². The Morgan fingerprint density at radius 3 is 2.90 bits per heavy atom. The van der Waals surface area contributed by atoms with Crippen LogP contribution < -0.4 is 10.0 Å². The highest BCUT2D eigenvalue weighted by Gasteiger charge is 2.23. The molecule has 0 bridgehead atoms. The Hall–Kier alpha value is -1.11. The van der Waals surface area contributed by atoms with Gasteiger partial charge in [-0.15, -0.1) is 0 Å². The Bertz CT molecular complexity index is 599. The summed E-state index contributed by atoms with van der Waals surface area (Å²) in [6, 6.07) is 3.56. The van der Waals surface area contributed by atoms with Crippen molar-refractivity contribution in [3.63, 3.8) is 0 Å². The van der Waals surface area contributed by atoms with Crippen LogP contribution >= 0.6 is 0 Å². The van der Waals surface area contributed by atoms with Crippen molar-refractivity contribution in [2.24, 2.45) is 0 Å². The van der Waals surface area contributed by atoms with E-state index in [4.69, 9.17) is 4.74 Å². The van der Waals surface area contributed by atoms with Gasteiger partial charge in [-0.1, -0.05) is 6.07 Å². The highest BCUT2D eigenvalue weighted by Crippen LogP contribution is 2.31. The summed E-state index contributed by atoms with van der Waals surface area (Å²) >= 11 is 0. The van der Waals surface area contributed by atoms with Gasteiger partial charge in [0.25, 0.3) is 0 Å². The zero-order valence-corrected chi connectivity index (χ0v) is 13.7. The van der Waals surface area contributed by atoms with E-state index in [2.05, 4.69) is 10.0 Å². The number of sulfonamides is 1. The third kappa shape index (κ3) is 3.75. The predicted octanol–water partition coefficient (Wildman–Crippen LogP) is 2.06. The molecule has 0 fully saturated rings. The van der Waals surface area contributed by atoms with Crippen molar-refractivity contribution < 1.29 is 13.2 Å². The Morgan fingerprint density at radius 1 is 1.43 bits per heavy atom. The minimum Gasteiger partial charge on any atom is -0.385 e. The molecule has 0 saturated carbocycles. The van der Waals surface area contributed by atoms with Gasteiger partial charge in [0.1, 0.15) is 0 Å². The molecular formula is C15H24N2O3S. The fourth-order valence-corrected chi connectivity index (χ4v) is 4.00. The molecule has 1 aromatic carbocycles. The first kappa shape index (κ1) is 16.3. The van der Waals surface area contributed by atoms with E-state index in [1.54, 1.807) is 6.07 Å². The first-order valence-corrected chi connectivity index (χ1v) is 8.91. The van der Waals surface area contributed by atoms with Crippen LogP contribution in [0, 0.1) is 6.92 Å². The normalized spacial score (nSPS) is 16.1. The number of hydrogen-bond acceptors (Lipinski definition) is 4. The summed E-state index contributed by atoms with van der Waals surface area (Å²) in [4.78, 5) is 0.388. The van der Waals surface area contributed by atoms with Crippen LogP contribution in [0.5, 0.6) is 0 Å². The summed E-state index contributed by atoms with van der Waals surface area (Å²) < 4.78 is 33.1. The topological polar surface area (TPSA) is 67.4 Å². The molecule has 0 aromatic heterocycles. The molecule has 0 amide bonds. The summed E-state index contributed by atoms with van der Waals surface area (Å²) in [5, 5.41) is 3.31. The van der Waals surface area contributed by atoms with Gasteiger partial charge in [0.2, 0.25) is 10.0 Å². The SMILES string of the molecule is CCOC(C)CNS(=O)(=O)c1ccc(C)c2c1CCCN2. The molecule has 21 heavy (non-hydrogen) atoms. The van der Waals surface area contributed by atoms with Crippen molar-refractivity contribution in [1.29, 1.82) is 0 Å². The van der Waals surface area contributed by atoms with Crippen LogP contribution in [0.2, 0.25) is 0 Å². The molecule has 1 atom stereocenters. The number of hydrogen-bond donors (Lipinski definition) is 2. The van der Waals surface area contributed by atoms with Gasteiger partial charge in [0.15, 0.2) is 0 Å². The summed E-state index contributed by atoms with van der Waals surface area (Å²) in [6.07, 6.45) is 1.61. The minimum atomic E-state index is -3.50. The van der Waals surface area contributed by atoms with Crippen molar-refractivity contribution in [2.75, 3.05) is 25.0 Å². The largest absolute Gasteiger partial charge is 0.385 e. The monoisotopic (exact) mass is 312 g/mol. The number of rotatable bonds is 6. The first-order valence-electron chi connectivity index (χ1n) is 7.43. The lowest BCUT2D eigenvalue weighted by molar-refractivity contribution is 0.0799. The van der Waals surface area contributed by atoms with Crippen LogP contribution in [0.3, 0.4) is 0 Å². The van der Waals surface area contributed by atoms with Gasteiger partial charge in [0, 0.05) is 25.4 Å². The third-order valence-corrected chi connectivity index (χ3v) is 5.19. The number of fused-ring (bicyclic) bond motifs is 1. The third-order valence-electron chi connectivity index (χ3n) is 3.69. The highest BCUT2D eigenvalue weighted by atomic mass is 32.2. The van der Waals surface area contributed by atoms with E-state index in [0.29, 0.717) is 11.5 Å². The quantitative estimate of drug-likeness (QED) is 0.844. The Labute approximate surface area is 127 Å². The molecule has 1 heterocycles. The van der Waals surface area contributed by atoms with Gasteiger partial charge in [-0.25, -0.2) is 13.1 Å². The smallest absolute Gasteiger partial charge is 0.241 e. The van der Waals surface area contributed by atoms with Gasteiger partial charge in [0.05, 0.1) is 11.0 Å². The molecule has 1 unspecified atom stereocenters. The molecule has 1 aromatic rings. The van der Waals surface area contributed by atoms with Crippen LogP contribution in [-0.4, -0.2) is 34.2 Å². The van der Waals surface area contributed by atoms with Crippen LogP contribution in [0.4, 0.5) is 5.69 Å². The van der Waals surface area contributed by atoms with Crippen molar-refractivity contribution in [1.82, 2.24) is 4.72 Å². The van der Waals surface area contributed by atoms with Crippen LogP contribution in [0.15, 0.2) is 17.0 Å². The van der Waals surface area contributed by atoms with Gasteiger partial charge in [-0.2, -0.15) is 0 Å². The van der Waals surface area contributed by atoms with E-state index in [-0.39, 0.29) is 12.6 Å². The second-order valence-corrected chi connectivity index (χ2v) is 7.12. The number of nitrogens with one attached hydrogen (secondary N) is 2. The van der Waals surface area contributed by atoms with Crippen LogP contribution in [0.25, 0.3) is 0 Å². The summed E-state index contributed by atoms with van der Waals surface area (Å²) in [5.41, 5.74) is 2.96. The molecule has 0 saturated heterocycles. The number of aryl methyl sites for hydroxylation is 1. The molecule has 6 heteroatoms. The maximum absolute atomic E-state index is 12.5. The molecule has 2 rings (SSSR count). The van der Waals surface area contributed by atoms with E-state index < -0.39 is 10.0 Å². The van der Waals surface area contributed by atoms with E-state index in [0.717, 1.165) is 36.2 Å². The molecule has 5 nitrogen and oxygen atoms in total. The molecule has 2 N–H and O–H groups in total.